The van der Waals surface area contributed by atoms with Crippen LogP contribution in [0.5, 0.6) is 5.75 Å². The monoisotopic (exact) mass is 259 g/mol. The second-order valence-electron chi connectivity index (χ2n) is 3.66. The number of hydrogen-bond acceptors (Lipinski definition) is 3. The van der Waals surface area contributed by atoms with Crippen molar-refractivity contribution in [2.75, 3.05) is 11.3 Å². The topological polar surface area (TPSA) is 75.6 Å². The number of anilines is 1. The summed E-state index contributed by atoms with van der Waals surface area (Å²) in [6.45, 7) is 2.77. The van der Waals surface area contributed by atoms with Crippen molar-refractivity contribution in [1.29, 1.82) is 0 Å². The number of hydrogen-bond donors (Lipinski definition) is 2. The van der Waals surface area contributed by atoms with Gasteiger partial charge in [-0.3, -0.25) is 9.27 Å². The summed E-state index contributed by atoms with van der Waals surface area (Å²) in [6.07, 6.45) is 3.27. The molecular formula is C11H17NO4S. The van der Waals surface area contributed by atoms with Gasteiger partial charge in [-0.15, -0.1) is 0 Å². The van der Waals surface area contributed by atoms with E-state index in [-0.39, 0.29) is 0 Å². The molecule has 0 bridgehead atoms. The number of unbranched alkanes of at least 4 members (excludes halogenated alkanes) is 2. The maximum Gasteiger partial charge on any atom is 0.357 e. The molecular weight excluding hydrogens is 242 g/mol. The fraction of sp³-hybridized carbons (Fsp3) is 0.455. The Morgan fingerprint density at radius 3 is 2.41 bits per heavy atom. The standard InChI is InChI=1S/C11H17NO4S/c1-2-3-4-9-16-11-7-5-10(6-8-11)12-17(13,14)15/h5-8,12H,2-4,9H2,1H3,(H,13,14,15). The van der Waals surface area contributed by atoms with Gasteiger partial charge in [-0.05, 0) is 30.7 Å². The van der Waals surface area contributed by atoms with E-state index in [1.54, 1.807) is 12.1 Å². The van der Waals surface area contributed by atoms with E-state index in [1.165, 1.54) is 12.1 Å². The highest BCUT2D eigenvalue weighted by atomic mass is 32.2. The Labute approximate surface area is 102 Å². The van der Waals surface area contributed by atoms with Crippen molar-refractivity contribution in [2.24, 2.45) is 0 Å². The molecule has 1 rings (SSSR count). The molecule has 2 N–H and O–H groups in total. The summed E-state index contributed by atoms with van der Waals surface area (Å²) in [4.78, 5) is 0. The summed E-state index contributed by atoms with van der Waals surface area (Å²) in [7, 11) is -4.21. The van der Waals surface area contributed by atoms with E-state index in [0.717, 1.165) is 19.3 Å². The minimum absolute atomic E-state index is 0.299. The van der Waals surface area contributed by atoms with E-state index >= 15 is 0 Å². The summed E-state index contributed by atoms with van der Waals surface area (Å²) < 4.78 is 37.1. The maximum atomic E-state index is 10.5. The molecule has 0 radical (unpaired) electrons. The molecule has 0 fully saturated rings. The van der Waals surface area contributed by atoms with Gasteiger partial charge in [-0.25, -0.2) is 0 Å². The summed E-state index contributed by atoms with van der Waals surface area (Å²) >= 11 is 0. The van der Waals surface area contributed by atoms with Gasteiger partial charge in [0.2, 0.25) is 0 Å². The van der Waals surface area contributed by atoms with Crippen LogP contribution >= 0.6 is 0 Å². The lowest BCUT2D eigenvalue weighted by molar-refractivity contribution is 0.306. The first-order chi connectivity index (χ1) is 8.01. The lowest BCUT2D eigenvalue weighted by Gasteiger charge is -2.07. The minimum Gasteiger partial charge on any atom is -0.494 e. The molecule has 0 amide bonds. The van der Waals surface area contributed by atoms with Gasteiger partial charge in [0.05, 0.1) is 12.3 Å². The molecule has 0 saturated heterocycles. The van der Waals surface area contributed by atoms with Gasteiger partial charge in [0, 0.05) is 0 Å². The molecule has 0 aliphatic rings. The van der Waals surface area contributed by atoms with Crippen LogP contribution in [0.15, 0.2) is 24.3 Å². The van der Waals surface area contributed by atoms with Crippen LogP contribution in [0.3, 0.4) is 0 Å². The fourth-order valence-corrected chi connectivity index (χ4v) is 1.74. The van der Waals surface area contributed by atoms with Gasteiger partial charge < -0.3 is 4.74 Å². The third kappa shape index (κ3) is 6.13. The van der Waals surface area contributed by atoms with Crippen LogP contribution in [-0.4, -0.2) is 19.6 Å². The minimum atomic E-state index is -4.21. The third-order valence-corrected chi connectivity index (χ3v) is 2.61. The van der Waals surface area contributed by atoms with E-state index in [4.69, 9.17) is 9.29 Å². The molecule has 0 atom stereocenters. The molecule has 0 unspecified atom stereocenters. The highest BCUT2D eigenvalue weighted by molar-refractivity contribution is 7.87. The van der Waals surface area contributed by atoms with Crippen molar-refractivity contribution >= 4 is 16.0 Å². The van der Waals surface area contributed by atoms with Crippen molar-refractivity contribution in [3.63, 3.8) is 0 Å². The quantitative estimate of drug-likeness (QED) is 0.582. The van der Waals surface area contributed by atoms with Crippen LogP contribution in [0.2, 0.25) is 0 Å². The molecule has 5 nitrogen and oxygen atoms in total. The molecule has 17 heavy (non-hydrogen) atoms. The van der Waals surface area contributed by atoms with E-state index in [1.807, 2.05) is 4.72 Å². The van der Waals surface area contributed by atoms with Crippen molar-refractivity contribution in [3.05, 3.63) is 24.3 Å². The lowest BCUT2D eigenvalue weighted by atomic mass is 10.2. The Morgan fingerprint density at radius 2 is 1.88 bits per heavy atom. The Morgan fingerprint density at radius 1 is 1.24 bits per heavy atom. The Bertz CT molecular complexity index is 427. The van der Waals surface area contributed by atoms with Crippen LogP contribution < -0.4 is 9.46 Å². The van der Waals surface area contributed by atoms with Gasteiger partial charge in [-0.1, -0.05) is 19.8 Å². The number of benzene rings is 1. The third-order valence-electron chi connectivity index (χ3n) is 2.12. The molecule has 0 aromatic heterocycles. The Kier molecular flexibility index (Phi) is 5.24. The second kappa shape index (κ2) is 6.46. The second-order valence-corrected chi connectivity index (χ2v) is 4.81. The first-order valence-corrected chi connectivity index (χ1v) is 6.93. The number of rotatable bonds is 7. The SMILES string of the molecule is CCCCCOc1ccc(NS(=O)(=O)O)cc1. The van der Waals surface area contributed by atoms with Crippen LogP contribution in [0, 0.1) is 0 Å². The summed E-state index contributed by atoms with van der Waals surface area (Å²) in [5.74, 6) is 0.682. The highest BCUT2D eigenvalue weighted by Gasteiger charge is 2.03. The predicted octanol–water partition coefficient (Wildman–Crippen LogP) is 2.47. The molecule has 1 aromatic rings. The first kappa shape index (κ1) is 13.8. The van der Waals surface area contributed by atoms with Crippen LogP contribution in [0.1, 0.15) is 26.2 Å². The lowest BCUT2D eigenvalue weighted by Crippen LogP contribution is -2.10. The Balaban J connectivity index is 2.45. The van der Waals surface area contributed by atoms with Crippen molar-refractivity contribution < 1.29 is 17.7 Å². The Hall–Kier alpha value is -1.27. The molecule has 0 heterocycles. The van der Waals surface area contributed by atoms with E-state index < -0.39 is 10.3 Å². The summed E-state index contributed by atoms with van der Waals surface area (Å²) in [5, 5.41) is 0. The zero-order valence-corrected chi connectivity index (χ0v) is 10.5. The number of nitrogens with one attached hydrogen (secondary N) is 1. The van der Waals surface area contributed by atoms with Crippen LogP contribution in [0.25, 0.3) is 0 Å². The molecule has 6 heteroatoms. The van der Waals surface area contributed by atoms with Gasteiger partial charge >= 0.3 is 10.3 Å². The molecule has 0 aliphatic heterocycles. The van der Waals surface area contributed by atoms with Crippen LogP contribution in [-0.2, 0) is 10.3 Å². The normalized spacial score (nSPS) is 11.2. The van der Waals surface area contributed by atoms with Crippen molar-refractivity contribution in [3.8, 4) is 5.75 Å². The van der Waals surface area contributed by atoms with Crippen LogP contribution in [0.4, 0.5) is 5.69 Å². The van der Waals surface area contributed by atoms with Gasteiger partial charge in [-0.2, -0.15) is 8.42 Å². The molecule has 0 aliphatic carbocycles. The molecule has 0 spiro atoms. The summed E-state index contributed by atoms with van der Waals surface area (Å²) in [6, 6.07) is 6.37. The first-order valence-electron chi connectivity index (χ1n) is 5.49. The molecule has 1 aromatic carbocycles. The fourth-order valence-electron chi connectivity index (χ4n) is 1.31. The van der Waals surface area contributed by atoms with Gasteiger partial charge in [0.15, 0.2) is 0 Å². The smallest absolute Gasteiger partial charge is 0.357 e. The zero-order valence-electron chi connectivity index (χ0n) is 9.72. The van der Waals surface area contributed by atoms with Crippen molar-refractivity contribution in [2.45, 2.75) is 26.2 Å². The van der Waals surface area contributed by atoms with Gasteiger partial charge in [0.1, 0.15) is 5.75 Å². The molecule has 96 valence electrons. The predicted molar refractivity (Wildman–Crippen MR) is 66.6 cm³/mol. The summed E-state index contributed by atoms with van der Waals surface area (Å²) in [5.41, 5.74) is 0.299. The van der Waals surface area contributed by atoms with E-state index in [9.17, 15) is 8.42 Å². The molecule has 0 saturated carbocycles. The average molecular weight is 259 g/mol. The largest absolute Gasteiger partial charge is 0.494 e. The van der Waals surface area contributed by atoms with Gasteiger partial charge in [0.25, 0.3) is 0 Å². The average Bonchev–Trinajstić information content (AvgIpc) is 2.25. The number of ether oxygens (including phenoxy) is 1. The van der Waals surface area contributed by atoms with Crippen molar-refractivity contribution in [1.82, 2.24) is 0 Å². The maximum absolute atomic E-state index is 10.5. The highest BCUT2D eigenvalue weighted by Crippen LogP contribution is 2.16. The van der Waals surface area contributed by atoms with E-state index in [0.29, 0.717) is 18.0 Å². The zero-order chi connectivity index (χ0) is 12.7. The van der Waals surface area contributed by atoms with E-state index in [2.05, 4.69) is 6.92 Å².